The minimum Gasteiger partial charge on any atom is -0.455 e. The fraction of sp³-hybridized carbons (Fsp3) is 0.333. The second-order valence-corrected chi connectivity index (χ2v) is 4.70. The van der Waals surface area contributed by atoms with Crippen LogP contribution in [0.15, 0.2) is 28.1 Å². The number of thiazole rings is 1. The van der Waals surface area contributed by atoms with E-state index in [1.807, 2.05) is 12.3 Å². The summed E-state index contributed by atoms with van der Waals surface area (Å²) in [7, 11) is 0. The van der Waals surface area contributed by atoms with Crippen LogP contribution >= 0.6 is 11.3 Å². The predicted octanol–water partition coefficient (Wildman–Crippen LogP) is 2.08. The molecule has 0 aromatic carbocycles. The van der Waals surface area contributed by atoms with Gasteiger partial charge in [-0.3, -0.25) is 4.79 Å². The number of carbonyl (C=O) groups is 1. The van der Waals surface area contributed by atoms with Crippen molar-refractivity contribution >= 4 is 17.2 Å². The molecule has 1 unspecified atom stereocenters. The molecule has 5 nitrogen and oxygen atoms in total. The van der Waals surface area contributed by atoms with Crippen molar-refractivity contribution in [2.75, 3.05) is 0 Å². The molecule has 2 aromatic heterocycles. The van der Waals surface area contributed by atoms with E-state index < -0.39 is 0 Å². The van der Waals surface area contributed by atoms with Gasteiger partial charge in [0.1, 0.15) is 10.8 Å². The van der Waals surface area contributed by atoms with Crippen LogP contribution in [0.25, 0.3) is 0 Å². The van der Waals surface area contributed by atoms with Gasteiger partial charge in [-0.15, -0.1) is 11.3 Å². The zero-order chi connectivity index (χ0) is 13.0. The van der Waals surface area contributed by atoms with Crippen molar-refractivity contribution < 1.29 is 9.21 Å². The number of aromatic nitrogens is 1. The van der Waals surface area contributed by atoms with E-state index in [-0.39, 0.29) is 24.3 Å². The lowest BCUT2D eigenvalue weighted by molar-refractivity contribution is 0.0905. The van der Waals surface area contributed by atoms with Crippen molar-refractivity contribution in [3.8, 4) is 0 Å². The van der Waals surface area contributed by atoms with Crippen LogP contribution in [0.3, 0.4) is 0 Å². The first-order chi connectivity index (χ1) is 8.74. The summed E-state index contributed by atoms with van der Waals surface area (Å²) in [6, 6.07) is 3.26. The first-order valence-electron chi connectivity index (χ1n) is 5.73. The largest absolute Gasteiger partial charge is 0.455 e. The van der Waals surface area contributed by atoms with E-state index in [1.165, 1.54) is 11.3 Å². The van der Waals surface area contributed by atoms with Crippen LogP contribution in [0.1, 0.15) is 40.7 Å². The van der Waals surface area contributed by atoms with Gasteiger partial charge in [-0.2, -0.15) is 0 Å². The Hall–Kier alpha value is -1.66. The molecule has 2 heterocycles. The molecule has 0 fully saturated rings. The van der Waals surface area contributed by atoms with E-state index >= 15 is 0 Å². The van der Waals surface area contributed by atoms with E-state index in [2.05, 4.69) is 10.3 Å². The standard InChI is InChI=1S/C12H15N3O2S/c1-2-9(12-14-5-6-18-12)15-11(16)10-4-3-8(7-13)17-10/h3-6,9H,2,7,13H2,1H3,(H,15,16). The Morgan fingerprint density at radius 2 is 2.44 bits per heavy atom. The van der Waals surface area contributed by atoms with Crippen molar-refractivity contribution in [1.29, 1.82) is 0 Å². The smallest absolute Gasteiger partial charge is 0.287 e. The Morgan fingerprint density at radius 3 is 3.00 bits per heavy atom. The first kappa shape index (κ1) is 12.8. The molecule has 0 aliphatic heterocycles. The monoisotopic (exact) mass is 265 g/mol. The number of hydrogen-bond donors (Lipinski definition) is 2. The highest BCUT2D eigenvalue weighted by Crippen LogP contribution is 2.19. The quantitative estimate of drug-likeness (QED) is 0.867. The van der Waals surface area contributed by atoms with Gasteiger partial charge in [0.25, 0.3) is 5.91 Å². The number of amides is 1. The third-order valence-corrected chi connectivity index (χ3v) is 3.44. The van der Waals surface area contributed by atoms with Crippen molar-refractivity contribution in [1.82, 2.24) is 10.3 Å². The Morgan fingerprint density at radius 1 is 1.61 bits per heavy atom. The summed E-state index contributed by atoms with van der Waals surface area (Å²) in [5.41, 5.74) is 5.43. The molecule has 3 N–H and O–H groups in total. The molecular weight excluding hydrogens is 250 g/mol. The fourth-order valence-corrected chi connectivity index (χ4v) is 2.36. The lowest BCUT2D eigenvalue weighted by Crippen LogP contribution is -2.27. The number of nitrogens with one attached hydrogen (secondary N) is 1. The van der Waals surface area contributed by atoms with Gasteiger partial charge < -0.3 is 15.5 Å². The molecule has 0 spiro atoms. The normalized spacial score (nSPS) is 12.3. The van der Waals surface area contributed by atoms with E-state index in [4.69, 9.17) is 10.2 Å². The molecule has 0 bridgehead atoms. The highest BCUT2D eigenvalue weighted by molar-refractivity contribution is 7.09. The number of nitrogens with two attached hydrogens (primary N) is 1. The molecule has 96 valence electrons. The minimum absolute atomic E-state index is 0.0797. The summed E-state index contributed by atoms with van der Waals surface area (Å²) in [6.07, 6.45) is 2.51. The lowest BCUT2D eigenvalue weighted by atomic mass is 10.2. The number of hydrogen-bond acceptors (Lipinski definition) is 5. The van der Waals surface area contributed by atoms with Gasteiger partial charge in [-0.1, -0.05) is 6.92 Å². The van der Waals surface area contributed by atoms with Crippen molar-refractivity contribution in [3.05, 3.63) is 40.2 Å². The van der Waals surface area contributed by atoms with Gasteiger partial charge >= 0.3 is 0 Å². The van der Waals surface area contributed by atoms with Crippen LogP contribution in [0.5, 0.6) is 0 Å². The highest BCUT2D eigenvalue weighted by atomic mass is 32.1. The zero-order valence-corrected chi connectivity index (χ0v) is 10.9. The van der Waals surface area contributed by atoms with Crippen LogP contribution in [-0.2, 0) is 6.54 Å². The summed E-state index contributed by atoms with van der Waals surface area (Å²) < 4.78 is 5.30. The van der Waals surface area contributed by atoms with Crippen LogP contribution < -0.4 is 11.1 Å². The molecule has 1 atom stereocenters. The fourth-order valence-electron chi connectivity index (χ4n) is 1.58. The summed E-state index contributed by atoms with van der Waals surface area (Å²) in [5, 5.41) is 5.69. The maximum absolute atomic E-state index is 12.0. The minimum atomic E-state index is -0.239. The topological polar surface area (TPSA) is 81.2 Å². The summed E-state index contributed by atoms with van der Waals surface area (Å²) >= 11 is 1.53. The first-order valence-corrected chi connectivity index (χ1v) is 6.61. The average molecular weight is 265 g/mol. The molecular formula is C12H15N3O2S. The molecule has 1 amide bonds. The van der Waals surface area contributed by atoms with Crippen LogP contribution in [0.2, 0.25) is 0 Å². The molecule has 0 aliphatic rings. The summed E-state index contributed by atoms with van der Waals surface area (Å²) in [5.74, 6) is 0.643. The number of carbonyl (C=O) groups excluding carboxylic acids is 1. The Kier molecular flexibility index (Phi) is 4.11. The molecule has 0 radical (unpaired) electrons. The Balaban J connectivity index is 2.06. The van der Waals surface area contributed by atoms with Crippen molar-refractivity contribution in [2.45, 2.75) is 25.9 Å². The van der Waals surface area contributed by atoms with E-state index in [9.17, 15) is 4.79 Å². The molecule has 0 aliphatic carbocycles. The van der Waals surface area contributed by atoms with Gasteiger partial charge in [0.2, 0.25) is 0 Å². The van der Waals surface area contributed by atoms with Gasteiger partial charge in [-0.05, 0) is 18.6 Å². The van der Waals surface area contributed by atoms with E-state index in [0.29, 0.717) is 5.76 Å². The van der Waals surface area contributed by atoms with Crippen molar-refractivity contribution in [3.63, 3.8) is 0 Å². The summed E-state index contributed by atoms with van der Waals surface area (Å²) in [4.78, 5) is 16.2. The maximum atomic E-state index is 12.0. The van der Waals surface area contributed by atoms with Crippen LogP contribution in [0, 0.1) is 0 Å². The third-order valence-electron chi connectivity index (χ3n) is 2.55. The average Bonchev–Trinajstić information content (AvgIpc) is 3.05. The predicted molar refractivity (Wildman–Crippen MR) is 69.2 cm³/mol. The number of nitrogens with zero attached hydrogens (tertiary/aromatic N) is 1. The second kappa shape index (κ2) is 5.79. The van der Waals surface area contributed by atoms with Gasteiger partial charge in [-0.25, -0.2) is 4.98 Å². The zero-order valence-electron chi connectivity index (χ0n) is 10.1. The SMILES string of the molecule is CCC(NC(=O)c1ccc(CN)o1)c1nccs1. The van der Waals surface area contributed by atoms with Crippen LogP contribution in [0.4, 0.5) is 0 Å². The molecule has 18 heavy (non-hydrogen) atoms. The molecule has 2 aromatic rings. The molecule has 6 heteroatoms. The van der Waals surface area contributed by atoms with Crippen molar-refractivity contribution in [2.24, 2.45) is 5.73 Å². The van der Waals surface area contributed by atoms with Gasteiger partial charge in [0, 0.05) is 11.6 Å². The van der Waals surface area contributed by atoms with Gasteiger partial charge in [0.15, 0.2) is 5.76 Å². The lowest BCUT2D eigenvalue weighted by Gasteiger charge is -2.13. The van der Waals surface area contributed by atoms with Crippen LogP contribution in [-0.4, -0.2) is 10.9 Å². The third kappa shape index (κ3) is 2.77. The molecule has 2 rings (SSSR count). The van der Waals surface area contributed by atoms with Gasteiger partial charge in [0.05, 0.1) is 12.6 Å². The number of furan rings is 1. The summed E-state index contributed by atoms with van der Waals surface area (Å²) in [6.45, 7) is 2.29. The maximum Gasteiger partial charge on any atom is 0.287 e. The molecule has 0 saturated heterocycles. The second-order valence-electron chi connectivity index (χ2n) is 3.77. The van der Waals surface area contributed by atoms with E-state index in [0.717, 1.165) is 11.4 Å². The Bertz CT molecular complexity index is 507. The number of rotatable bonds is 5. The van der Waals surface area contributed by atoms with E-state index in [1.54, 1.807) is 18.3 Å². The Labute approximate surface area is 109 Å². The highest BCUT2D eigenvalue weighted by Gasteiger charge is 2.18. The molecule has 0 saturated carbocycles.